The summed E-state index contributed by atoms with van der Waals surface area (Å²) >= 11 is 0. The van der Waals surface area contributed by atoms with Crippen LogP contribution in [0.25, 0.3) is 22.5 Å². The standard InChI is InChI=1S/C23H25B2N3/c1-22(2,24-4)18-13-14-9-8-12-17-19(14)21-20(16-11-7-6-10-15(16)18)26-27-28(21)23(17,3)25-5/h6-12,18H,13H2,1-5H3/t18?,23-/m0/s1. The monoisotopic (exact) mass is 365 g/mol. The molecule has 2 aliphatic rings. The van der Waals surface area contributed by atoms with Crippen LogP contribution in [-0.2, 0) is 11.9 Å². The van der Waals surface area contributed by atoms with Crippen LogP contribution in [0.15, 0.2) is 42.5 Å². The molecule has 0 spiro atoms. The van der Waals surface area contributed by atoms with Gasteiger partial charge in [0.05, 0.1) is 11.1 Å². The number of rotatable bonds is 3. The quantitative estimate of drug-likeness (QED) is 0.613. The van der Waals surface area contributed by atoms with Crippen LogP contribution in [0.4, 0.5) is 0 Å². The molecule has 5 rings (SSSR count). The van der Waals surface area contributed by atoms with E-state index in [1.165, 1.54) is 33.5 Å². The van der Waals surface area contributed by atoms with Gasteiger partial charge in [-0.3, -0.25) is 0 Å². The molecule has 2 heterocycles. The van der Waals surface area contributed by atoms with Gasteiger partial charge in [0.2, 0.25) is 0 Å². The number of benzene rings is 2. The Morgan fingerprint density at radius 1 is 1.11 bits per heavy atom. The Bertz CT molecular complexity index is 1090. The molecule has 1 aromatic heterocycles. The van der Waals surface area contributed by atoms with Crippen molar-refractivity contribution in [1.82, 2.24) is 15.0 Å². The Labute approximate surface area is 169 Å². The SMILES string of the molecule is C[B]C(C)(C)C1Cc2cccc3c2-c2c(nnn2[C@]3(C)[B]C)-c2ccccc21. The smallest absolute Gasteiger partial charge is 0.150 e. The van der Waals surface area contributed by atoms with Crippen molar-refractivity contribution < 1.29 is 0 Å². The van der Waals surface area contributed by atoms with Gasteiger partial charge in [-0.25, -0.2) is 4.68 Å². The number of aromatic nitrogens is 3. The first-order valence-electron chi connectivity index (χ1n) is 10.2. The van der Waals surface area contributed by atoms with Crippen molar-refractivity contribution in [3.05, 3.63) is 59.2 Å². The average Bonchev–Trinajstić information content (AvgIpc) is 3.24. The maximum atomic E-state index is 4.71. The Hall–Kier alpha value is -2.29. The summed E-state index contributed by atoms with van der Waals surface area (Å²) in [5.41, 5.74) is 8.63. The van der Waals surface area contributed by atoms with E-state index in [9.17, 15) is 0 Å². The molecule has 3 aromatic rings. The summed E-state index contributed by atoms with van der Waals surface area (Å²) in [4.78, 5) is 0. The van der Waals surface area contributed by atoms with Crippen LogP contribution in [0.5, 0.6) is 0 Å². The molecule has 28 heavy (non-hydrogen) atoms. The van der Waals surface area contributed by atoms with E-state index in [1.54, 1.807) is 0 Å². The summed E-state index contributed by atoms with van der Waals surface area (Å²) in [6.07, 6.45) is 1.02. The van der Waals surface area contributed by atoms with Crippen molar-refractivity contribution in [1.29, 1.82) is 0 Å². The van der Waals surface area contributed by atoms with Gasteiger partial charge in [0.15, 0.2) is 0 Å². The molecule has 0 amide bonds. The van der Waals surface area contributed by atoms with Crippen molar-refractivity contribution in [2.75, 3.05) is 0 Å². The second kappa shape index (κ2) is 5.85. The maximum Gasteiger partial charge on any atom is 0.150 e. The fourth-order valence-electron chi connectivity index (χ4n) is 5.09. The zero-order valence-corrected chi connectivity index (χ0v) is 17.3. The van der Waals surface area contributed by atoms with Crippen molar-refractivity contribution in [3.63, 3.8) is 0 Å². The van der Waals surface area contributed by atoms with Crippen LogP contribution in [-0.4, -0.2) is 29.6 Å². The largest absolute Gasteiger partial charge is 0.242 e. The normalized spacial score (nSPS) is 22.1. The third-order valence-corrected chi connectivity index (χ3v) is 7.26. The topological polar surface area (TPSA) is 30.7 Å². The molecule has 1 unspecified atom stereocenters. The van der Waals surface area contributed by atoms with Gasteiger partial charge < -0.3 is 0 Å². The average molecular weight is 365 g/mol. The molecule has 5 heteroatoms. The van der Waals surface area contributed by atoms with Crippen LogP contribution < -0.4 is 0 Å². The fraction of sp³-hybridized carbons (Fsp3) is 0.391. The number of hydrogen-bond acceptors (Lipinski definition) is 2. The molecule has 2 aromatic carbocycles. The third kappa shape index (κ3) is 2.13. The Morgan fingerprint density at radius 2 is 1.89 bits per heavy atom. The van der Waals surface area contributed by atoms with Gasteiger partial charge in [-0.1, -0.05) is 80.5 Å². The molecular formula is C23H25B2N3. The van der Waals surface area contributed by atoms with Gasteiger partial charge in [-0.2, -0.15) is 0 Å². The molecule has 1 aliphatic carbocycles. The summed E-state index contributed by atoms with van der Waals surface area (Å²) in [6.45, 7) is 11.2. The predicted molar refractivity (Wildman–Crippen MR) is 117 cm³/mol. The summed E-state index contributed by atoms with van der Waals surface area (Å²) in [7, 11) is 4.59. The van der Waals surface area contributed by atoms with E-state index in [-0.39, 0.29) is 10.8 Å². The van der Waals surface area contributed by atoms with Crippen molar-refractivity contribution >= 4 is 14.6 Å². The number of nitrogens with zero attached hydrogens (tertiary/aromatic N) is 3. The minimum absolute atomic E-state index is 0.0745. The lowest BCUT2D eigenvalue weighted by Gasteiger charge is -2.36. The van der Waals surface area contributed by atoms with E-state index in [0.717, 1.165) is 12.1 Å². The Morgan fingerprint density at radius 3 is 2.64 bits per heavy atom. The van der Waals surface area contributed by atoms with E-state index < -0.39 is 0 Å². The van der Waals surface area contributed by atoms with E-state index in [1.807, 2.05) is 0 Å². The van der Waals surface area contributed by atoms with Crippen molar-refractivity contribution in [3.8, 4) is 22.5 Å². The highest BCUT2D eigenvalue weighted by atomic mass is 15.5. The molecule has 0 saturated heterocycles. The zero-order chi connectivity index (χ0) is 19.7. The maximum absolute atomic E-state index is 4.71. The second-order valence-corrected chi connectivity index (χ2v) is 8.93. The summed E-state index contributed by atoms with van der Waals surface area (Å²) in [5.74, 6) is 0.385. The van der Waals surface area contributed by atoms with Gasteiger partial charge in [-0.05, 0) is 36.0 Å². The Balaban J connectivity index is 1.90. The summed E-state index contributed by atoms with van der Waals surface area (Å²) in [5, 5.41) is 9.44. The van der Waals surface area contributed by atoms with Gasteiger partial charge in [0.25, 0.3) is 0 Å². The molecule has 0 N–H and O–H groups in total. The lowest BCUT2D eigenvalue weighted by atomic mass is 9.48. The van der Waals surface area contributed by atoms with Crippen molar-refractivity contribution in [2.45, 2.75) is 57.5 Å². The van der Waals surface area contributed by atoms with Crippen LogP contribution >= 0.6 is 0 Å². The van der Waals surface area contributed by atoms with Gasteiger partial charge in [0, 0.05) is 11.1 Å². The molecule has 138 valence electrons. The van der Waals surface area contributed by atoms with E-state index in [0.29, 0.717) is 5.92 Å². The molecule has 3 nitrogen and oxygen atoms in total. The molecule has 2 atom stereocenters. The van der Waals surface area contributed by atoms with E-state index >= 15 is 0 Å². The second-order valence-electron chi connectivity index (χ2n) is 8.93. The lowest BCUT2D eigenvalue weighted by Crippen LogP contribution is -2.34. The molecule has 2 radical (unpaired) electrons. The molecule has 0 saturated carbocycles. The van der Waals surface area contributed by atoms with E-state index in [4.69, 9.17) is 5.10 Å². The number of hydrogen-bond donors (Lipinski definition) is 0. The highest BCUT2D eigenvalue weighted by Gasteiger charge is 2.45. The zero-order valence-electron chi connectivity index (χ0n) is 17.3. The minimum Gasteiger partial charge on any atom is -0.242 e. The molecule has 0 bridgehead atoms. The first-order chi connectivity index (χ1) is 13.4. The lowest BCUT2D eigenvalue weighted by molar-refractivity contribution is 0.500. The van der Waals surface area contributed by atoms with Crippen LogP contribution in [0.3, 0.4) is 0 Å². The van der Waals surface area contributed by atoms with Gasteiger partial charge in [-0.15, -0.1) is 5.10 Å². The van der Waals surface area contributed by atoms with Crippen molar-refractivity contribution in [2.24, 2.45) is 0 Å². The highest BCUT2D eigenvalue weighted by Crippen LogP contribution is 2.54. The van der Waals surface area contributed by atoms with E-state index in [2.05, 4.69) is 101 Å². The summed E-state index contributed by atoms with van der Waals surface area (Å²) < 4.78 is 2.13. The van der Waals surface area contributed by atoms with Gasteiger partial charge >= 0.3 is 0 Å². The fourth-order valence-corrected chi connectivity index (χ4v) is 5.09. The van der Waals surface area contributed by atoms with Crippen LogP contribution in [0, 0.1) is 0 Å². The summed E-state index contributed by atoms with van der Waals surface area (Å²) in [6, 6.07) is 15.6. The highest BCUT2D eigenvalue weighted by molar-refractivity contribution is 6.39. The molecular weight excluding hydrogens is 340 g/mol. The Kier molecular flexibility index (Phi) is 3.72. The van der Waals surface area contributed by atoms with Gasteiger partial charge in [0.1, 0.15) is 20.3 Å². The number of fused-ring (bicyclic) bond motifs is 2. The minimum atomic E-state index is -0.257. The van der Waals surface area contributed by atoms with Crippen LogP contribution in [0.2, 0.25) is 19.0 Å². The van der Waals surface area contributed by atoms with Crippen LogP contribution in [0.1, 0.15) is 43.4 Å². The first kappa shape index (κ1) is 17.8. The first-order valence-corrected chi connectivity index (χ1v) is 10.2. The third-order valence-electron chi connectivity index (χ3n) is 7.26. The molecule has 1 aliphatic heterocycles. The molecule has 0 fully saturated rings. The predicted octanol–water partition coefficient (Wildman–Crippen LogP) is 4.99.